The van der Waals surface area contributed by atoms with Gasteiger partial charge in [0.25, 0.3) is 0 Å². The van der Waals surface area contributed by atoms with Crippen LogP contribution in [0.4, 0.5) is 0 Å². The van der Waals surface area contributed by atoms with Gasteiger partial charge in [0.2, 0.25) is 5.91 Å². The Hall–Kier alpha value is -0.840. The molecule has 94 valence electrons. The Balaban J connectivity index is 3.47. The molecule has 4 nitrogen and oxygen atoms in total. The number of carbonyl (C=O) groups is 1. The zero-order chi connectivity index (χ0) is 12.4. The van der Waals surface area contributed by atoms with Crippen LogP contribution in [-0.4, -0.2) is 30.7 Å². The van der Waals surface area contributed by atoms with Gasteiger partial charge in [-0.25, -0.2) is 0 Å². The molecule has 0 aliphatic rings. The molecule has 0 fully saturated rings. The highest BCUT2D eigenvalue weighted by Gasteiger charge is 2.02. The van der Waals surface area contributed by atoms with Crippen molar-refractivity contribution < 1.29 is 4.79 Å². The molecule has 0 spiro atoms. The number of carbonyl (C=O) groups excluding carboxylic acids is 1. The molecule has 0 heterocycles. The number of rotatable bonds is 7. The summed E-state index contributed by atoms with van der Waals surface area (Å²) in [5, 5.41) is 9.28. The molecular formula is C11H23N3OS. The molecule has 5 heteroatoms. The summed E-state index contributed by atoms with van der Waals surface area (Å²) < 4.78 is 0. The molecule has 0 saturated heterocycles. The molecular weight excluding hydrogens is 222 g/mol. The maximum absolute atomic E-state index is 11.3. The van der Waals surface area contributed by atoms with Gasteiger partial charge in [0.1, 0.15) is 0 Å². The highest BCUT2D eigenvalue weighted by Crippen LogP contribution is 1.86. The summed E-state index contributed by atoms with van der Waals surface area (Å²) in [5.74, 6) is 0.451. The average molecular weight is 245 g/mol. The molecule has 0 bridgehead atoms. The Morgan fingerprint density at radius 3 is 2.50 bits per heavy atom. The first-order valence-electron chi connectivity index (χ1n) is 5.84. The van der Waals surface area contributed by atoms with E-state index in [0.29, 0.717) is 17.6 Å². The van der Waals surface area contributed by atoms with Crippen LogP contribution in [-0.2, 0) is 4.79 Å². The maximum Gasteiger partial charge on any atom is 0.239 e. The van der Waals surface area contributed by atoms with Crippen LogP contribution in [0.1, 0.15) is 33.6 Å². The van der Waals surface area contributed by atoms with E-state index in [1.165, 1.54) is 0 Å². The molecule has 0 radical (unpaired) electrons. The molecule has 0 aromatic rings. The van der Waals surface area contributed by atoms with E-state index < -0.39 is 0 Å². The molecule has 0 aromatic heterocycles. The number of nitrogens with one attached hydrogen (secondary N) is 3. The minimum Gasteiger partial charge on any atom is -0.363 e. The molecule has 0 aliphatic heterocycles. The number of amides is 1. The van der Waals surface area contributed by atoms with Crippen LogP contribution in [0.25, 0.3) is 0 Å². The van der Waals surface area contributed by atoms with E-state index in [1.54, 1.807) is 0 Å². The summed E-state index contributed by atoms with van der Waals surface area (Å²) in [6.07, 6.45) is 2.21. The van der Waals surface area contributed by atoms with Crippen LogP contribution in [0.3, 0.4) is 0 Å². The second-order valence-electron chi connectivity index (χ2n) is 4.16. The Morgan fingerprint density at radius 1 is 1.25 bits per heavy atom. The molecule has 1 amide bonds. The lowest BCUT2D eigenvalue weighted by Gasteiger charge is -2.11. The van der Waals surface area contributed by atoms with Gasteiger partial charge in [-0.1, -0.05) is 27.2 Å². The SMILES string of the molecule is CCCCNC(=S)NCC(=O)NCC(C)C. The van der Waals surface area contributed by atoms with Gasteiger partial charge in [-0.05, 0) is 24.6 Å². The lowest BCUT2D eigenvalue weighted by Crippen LogP contribution is -2.42. The van der Waals surface area contributed by atoms with Crippen molar-refractivity contribution in [3.63, 3.8) is 0 Å². The van der Waals surface area contributed by atoms with Crippen molar-refractivity contribution in [1.82, 2.24) is 16.0 Å². The third kappa shape index (κ3) is 9.71. The second kappa shape index (κ2) is 9.39. The Kier molecular flexibility index (Phi) is 8.90. The fourth-order valence-electron chi connectivity index (χ4n) is 0.982. The zero-order valence-electron chi connectivity index (χ0n) is 10.4. The van der Waals surface area contributed by atoms with Crippen molar-refractivity contribution in [2.45, 2.75) is 33.6 Å². The molecule has 0 atom stereocenters. The molecule has 0 aliphatic carbocycles. The van der Waals surface area contributed by atoms with Gasteiger partial charge in [-0.3, -0.25) is 4.79 Å². The summed E-state index contributed by atoms with van der Waals surface area (Å²) in [6, 6.07) is 0. The number of hydrogen-bond donors (Lipinski definition) is 3. The predicted octanol–water partition coefficient (Wildman–Crippen LogP) is 1.02. The van der Waals surface area contributed by atoms with E-state index in [0.717, 1.165) is 19.4 Å². The Bertz CT molecular complexity index is 219. The largest absolute Gasteiger partial charge is 0.363 e. The van der Waals surface area contributed by atoms with Crippen molar-refractivity contribution in [3.8, 4) is 0 Å². The van der Waals surface area contributed by atoms with Gasteiger partial charge in [-0.2, -0.15) is 0 Å². The molecule has 0 aromatic carbocycles. The monoisotopic (exact) mass is 245 g/mol. The van der Waals surface area contributed by atoms with Crippen molar-refractivity contribution in [2.75, 3.05) is 19.6 Å². The van der Waals surface area contributed by atoms with Crippen molar-refractivity contribution >= 4 is 23.2 Å². The Morgan fingerprint density at radius 2 is 1.94 bits per heavy atom. The summed E-state index contributed by atoms with van der Waals surface area (Å²) in [4.78, 5) is 11.3. The Labute approximate surface area is 104 Å². The third-order valence-electron chi connectivity index (χ3n) is 1.93. The minimum atomic E-state index is -0.0201. The number of thiocarbonyl (C=S) groups is 1. The summed E-state index contributed by atoms with van der Waals surface area (Å²) in [7, 11) is 0. The predicted molar refractivity (Wildman–Crippen MR) is 71.4 cm³/mol. The summed E-state index contributed by atoms with van der Waals surface area (Å²) in [5.41, 5.74) is 0. The highest BCUT2D eigenvalue weighted by atomic mass is 32.1. The minimum absolute atomic E-state index is 0.0201. The molecule has 0 unspecified atom stereocenters. The lowest BCUT2D eigenvalue weighted by molar-refractivity contribution is -0.120. The van der Waals surface area contributed by atoms with Crippen molar-refractivity contribution in [2.24, 2.45) is 5.92 Å². The lowest BCUT2D eigenvalue weighted by atomic mass is 10.2. The van der Waals surface area contributed by atoms with Gasteiger partial charge in [-0.15, -0.1) is 0 Å². The van der Waals surface area contributed by atoms with E-state index in [4.69, 9.17) is 12.2 Å². The van der Waals surface area contributed by atoms with Crippen LogP contribution in [0.15, 0.2) is 0 Å². The van der Waals surface area contributed by atoms with E-state index in [2.05, 4.69) is 36.7 Å². The highest BCUT2D eigenvalue weighted by molar-refractivity contribution is 7.80. The molecule has 3 N–H and O–H groups in total. The first kappa shape index (κ1) is 15.2. The van der Waals surface area contributed by atoms with Crippen LogP contribution >= 0.6 is 12.2 Å². The summed E-state index contributed by atoms with van der Waals surface area (Å²) in [6.45, 7) is 8.05. The van der Waals surface area contributed by atoms with Crippen LogP contribution in [0.2, 0.25) is 0 Å². The standard InChI is InChI=1S/C11H23N3OS/c1-4-5-6-12-11(16)14-8-10(15)13-7-9(2)3/h9H,4-8H2,1-3H3,(H,13,15)(H2,12,14,16). The smallest absolute Gasteiger partial charge is 0.239 e. The molecule has 0 rings (SSSR count). The first-order valence-corrected chi connectivity index (χ1v) is 6.25. The van der Waals surface area contributed by atoms with Crippen LogP contribution in [0.5, 0.6) is 0 Å². The van der Waals surface area contributed by atoms with E-state index in [-0.39, 0.29) is 12.5 Å². The zero-order valence-corrected chi connectivity index (χ0v) is 11.2. The van der Waals surface area contributed by atoms with Gasteiger partial charge >= 0.3 is 0 Å². The van der Waals surface area contributed by atoms with Gasteiger partial charge < -0.3 is 16.0 Å². The molecule has 0 saturated carbocycles. The van der Waals surface area contributed by atoms with Crippen molar-refractivity contribution in [1.29, 1.82) is 0 Å². The number of hydrogen-bond acceptors (Lipinski definition) is 2. The fraction of sp³-hybridized carbons (Fsp3) is 0.818. The van der Waals surface area contributed by atoms with Crippen molar-refractivity contribution in [3.05, 3.63) is 0 Å². The van der Waals surface area contributed by atoms with E-state index in [1.807, 2.05) is 0 Å². The van der Waals surface area contributed by atoms with Crippen LogP contribution < -0.4 is 16.0 Å². The topological polar surface area (TPSA) is 53.2 Å². The normalized spacial score (nSPS) is 10.0. The fourth-order valence-corrected chi connectivity index (χ4v) is 1.16. The number of unbranched alkanes of at least 4 members (excludes halogenated alkanes) is 1. The second-order valence-corrected chi connectivity index (χ2v) is 4.57. The molecule has 16 heavy (non-hydrogen) atoms. The average Bonchev–Trinajstić information content (AvgIpc) is 2.24. The van der Waals surface area contributed by atoms with E-state index >= 15 is 0 Å². The summed E-state index contributed by atoms with van der Waals surface area (Å²) >= 11 is 5.02. The first-order chi connectivity index (χ1) is 7.56. The quantitative estimate of drug-likeness (QED) is 0.463. The maximum atomic E-state index is 11.3. The van der Waals surface area contributed by atoms with Gasteiger partial charge in [0.05, 0.1) is 6.54 Å². The third-order valence-corrected chi connectivity index (χ3v) is 2.22. The van der Waals surface area contributed by atoms with Gasteiger partial charge in [0, 0.05) is 13.1 Å². The van der Waals surface area contributed by atoms with E-state index in [9.17, 15) is 4.79 Å². The van der Waals surface area contributed by atoms with Gasteiger partial charge in [0.15, 0.2) is 5.11 Å². The van der Waals surface area contributed by atoms with Crippen LogP contribution in [0, 0.1) is 5.92 Å².